The van der Waals surface area contributed by atoms with Crippen molar-refractivity contribution in [2.45, 2.75) is 33.1 Å². The van der Waals surface area contributed by atoms with Crippen LogP contribution in [-0.2, 0) is 9.53 Å². The van der Waals surface area contributed by atoms with Crippen LogP contribution in [0.25, 0.3) is 0 Å². The number of unbranched alkanes of at least 4 members (excludes halogenated alkanes) is 1. The van der Waals surface area contributed by atoms with Gasteiger partial charge in [-0.3, -0.25) is 9.59 Å². The van der Waals surface area contributed by atoms with Crippen LogP contribution in [0.15, 0.2) is 24.3 Å². The summed E-state index contributed by atoms with van der Waals surface area (Å²) in [5.41, 5.74) is 0.496. The van der Waals surface area contributed by atoms with Gasteiger partial charge in [0.25, 0.3) is 0 Å². The summed E-state index contributed by atoms with van der Waals surface area (Å²) in [6.07, 6.45) is 1.86. The number of carbonyl (C=O) groups excluding carboxylic acids is 2. The molecule has 0 spiro atoms. The minimum absolute atomic E-state index is 0.218. The number of hydrogen-bond donors (Lipinski definition) is 0. The van der Waals surface area contributed by atoms with Crippen LogP contribution in [0.3, 0.4) is 0 Å². The first-order valence-corrected chi connectivity index (χ1v) is 6.59. The van der Waals surface area contributed by atoms with Gasteiger partial charge in [-0.15, -0.1) is 0 Å². The third kappa shape index (κ3) is 5.55. The third-order valence-electron chi connectivity index (χ3n) is 2.55. The molecule has 104 valence electrons. The molecule has 0 radical (unpaired) electrons. The van der Waals surface area contributed by atoms with Gasteiger partial charge in [-0.1, -0.05) is 13.3 Å². The van der Waals surface area contributed by atoms with Crippen LogP contribution in [0.5, 0.6) is 5.75 Å². The number of ether oxygens (including phenoxy) is 2. The first-order chi connectivity index (χ1) is 9.17. The average Bonchev–Trinajstić information content (AvgIpc) is 2.40. The minimum atomic E-state index is -0.490. The van der Waals surface area contributed by atoms with Crippen molar-refractivity contribution in [2.75, 3.05) is 13.2 Å². The Labute approximate surface area is 113 Å². The van der Waals surface area contributed by atoms with E-state index in [1.807, 2.05) is 0 Å². The summed E-state index contributed by atoms with van der Waals surface area (Å²) < 4.78 is 10.2. The first kappa shape index (κ1) is 15.2. The van der Waals surface area contributed by atoms with Crippen molar-refractivity contribution in [1.29, 1.82) is 0 Å². The smallest absolute Gasteiger partial charge is 0.313 e. The van der Waals surface area contributed by atoms with Crippen LogP contribution < -0.4 is 4.74 Å². The molecular weight excluding hydrogens is 244 g/mol. The Bertz CT molecular complexity index is 409. The summed E-state index contributed by atoms with van der Waals surface area (Å²) in [4.78, 5) is 23.0. The maximum absolute atomic E-state index is 11.8. The summed E-state index contributed by atoms with van der Waals surface area (Å²) in [5.74, 6) is 0.00969. The fraction of sp³-hybridized carbons (Fsp3) is 0.467. The van der Waals surface area contributed by atoms with Gasteiger partial charge >= 0.3 is 5.97 Å². The molecule has 4 nitrogen and oxygen atoms in total. The van der Waals surface area contributed by atoms with Gasteiger partial charge in [0, 0.05) is 5.56 Å². The topological polar surface area (TPSA) is 52.6 Å². The second-order valence-electron chi connectivity index (χ2n) is 4.13. The number of Topliss-reactive ketones (excluding diaryl/α,β-unsaturated/α-hetero) is 1. The van der Waals surface area contributed by atoms with Gasteiger partial charge in [-0.05, 0) is 37.6 Å². The second-order valence-corrected chi connectivity index (χ2v) is 4.13. The van der Waals surface area contributed by atoms with Crippen LogP contribution >= 0.6 is 0 Å². The highest BCUT2D eigenvalue weighted by Gasteiger charge is 2.12. The van der Waals surface area contributed by atoms with Gasteiger partial charge in [0.15, 0.2) is 5.78 Å². The number of carbonyl (C=O) groups is 2. The van der Waals surface area contributed by atoms with E-state index in [1.165, 1.54) is 0 Å². The van der Waals surface area contributed by atoms with E-state index in [0.717, 1.165) is 18.6 Å². The van der Waals surface area contributed by atoms with Crippen molar-refractivity contribution < 1.29 is 19.1 Å². The van der Waals surface area contributed by atoms with E-state index < -0.39 is 5.97 Å². The van der Waals surface area contributed by atoms with E-state index in [0.29, 0.717) is 12.2 Å². The Morgan fingerprint density at radius 1 is 1.11 bits per heavy atom. The number of ketones is 1. The highest BCUT2D eigenvalue weighted by Crippen LogP contribution is 2.14. The molecule has 0 saturated heterocycles. The van der Waals surface area contributed by atoms with E-state index in [4.69, 9.17) is 9.47 Å². The summed E-state index contributed by atoms with van der Waals surface area (Å²) >= 11 is 0. The van der Waals surface area contributed by atoms with Gasteiger partial charge in [0.2, 0.25) is 0 Å². The zero-order valence-corrected chi connectivity index (χ0v) is 11.5. The molecule has 1 rings (SSSR count). The molecule has 0 bridgehead atoms. The predicted molar refractivity (Wildman–Crippen MR) is 72.4 cm³/mol. The molecule has 0 aliphatic heterocycles. The predicted octanol–water partition coefficient (Wildman–Crippen LogP) is 3.00. The van der Waals surface area contributed by atoms with Gasteiger partial charge in [0.1, 0.15) is 12.2 Å². The molecular formula is C15H20O4. The van der Waals surface area contributed by atoms with E-state index in [9.17, 15) is 9.59 Å². The van der Waals surface area contributed by atoms with Crippen molar-refractivity contribution in [3.05, 3.63) is 29.8 Å². The third-order valence-corrected chi connectivity index (χ3v) is 2.55. The summed E-state index contributed by atoms with van der Waals surface area (Å²) in [6, 6.07) is 6.83. The number of esters is 1. The summed E-state index contributed by atoms with van der Waals surface area (Å²) in [7, 11) is 0. The molecule has 4 heteroatoms. The van der Waals surface area contributed by atoms with Crippen molar-refractivity contribution >= 4 is 11.8 Å². The van der Waals surface area contributed by atoms with Gasteiger partial charge in [-0.25, -0.2) is 0 Å². The first-order valence-electron chi connectivity index (χ1n) is 6.59. The Hall–Kier alpha value is -1.84. The molecule has 0 amide bonds. The zero-order valence-electron chi connectivity index (χ0n) is 11.5. The quantitative estimate of drug-likeness (QED) is 0.313. The fourth-order valence-electron chi connectivity index (χ4n) is 1.52. The van der Waals surface area contributed by atoms with Crippen molar-refractivity contribution in [1.82, 2.24) is 0 Å². The summed E-state index contributed by atoms with van der Waals surface area (Å²) in [6.45, 7) is 4.77. The lowest BCUT2D eigenvalue weighted by Gasteiger charge is -2.06. The van der Waals surface area contributed by atoms with Crippen LogP contribution in [0, 0.1) is 0 Å². The van der Waals surface area contributed by atoms with Crippen LogP contribution in [0.1, 0.15) is 43.5 Å². The average molecular weight is 264 g/mol. The molecule has 0 heterocycles. The molecule has 1 aromatic rings. The standard InChI is InChI=1S/C15H20O4/c1-3-5-10-19-13-8-6-12(7-9-13)14(16)11-15(17)18-4-2/h6-9H,3-5,10-11H2,1-2H3. The lowest BCUT2D eigenvalue weighted by molar-refractivity contribution is -0.141. The van der Waals surface area contributed by atoms with Gasteiger partial charge < -0.3 is 9.47 Å². The maximum Gasteiger partial charge on any atom is 0.313 e. The highest BCUT2D eigenvalue weighted by molar-refractivity contribution is 6.05. The molecule has 0 fully saturated rings. The largest absolute Gasteiger partial charge is 0.494 e. The van der Waals surface area contributed by atoms with Crippen molar-refractivity contribution in [3.63, 3.8) is 0 Å². The number of rotatable bonds is 8. The summed E-state index contributed by atoms with van der Waals surface area (Å²) in [5, 5.41) is 0. The second kappa shape index (κ2) is 8.29. The van der Waals surface area contributed by atoms with Gasteiger partial charge in [-0.2, -0.15) is 0 Å². The van der Waals surface area contributed by atoms with E-state index in [1.54, 1.807) is 31.2 Å². The van der Waals surface area contributed by atoms with E-state index >= 15 is 0 Å². The minimum Gasteiger partial charge on any atom is -0.494 e. The molecule has 0 aliphatic carbocycles. The lowest BCUT2D eigenvalue weighted by atomic mass is 10.1. The van der Waals surface area contributed by atoms with Crippen LogP contribution in [0.2, 0.25) is 0 Å². The van der Waals surface area contributed by atoms with E-state index in [2.05, 4.69) is 6.92 Å². The van der Waals surface area contributed by atoms with E-state index in [-0.39, 0.29) is 18.8 Å². The Kier molecular flexibility index (Phi) is 6.64. The molecule has 1 aromatic carbocycles. The maximum atomic E-state index is 11.8. The Morgan fingerprint density at radius 3 is 2.37 bits per heavy atom. The van der Waals surface area contributed by atoms with Crippen molar-refractivity contribution in [3.8, 4) is 5.75 Å². The molecule has 0 aromatic heterocycles. The molecule has 0 atom stereocenters. The molecule has 19 heavy (non-hydrogen) atoms. The van der Waals surface area contributed by atoms with Crippen LogP contribution in [0.4, 0.5) is 0 Å². The monoisotopic (exact) mass is 264 g/mol. The number of benzene rings is 1. The SMILES string of the molecule is CCCCOc1ccc(C(=O)CC(=O)OCC)cc1. The van der Waals surface area contributed by atoms with Gasteiger partial charge in [0.05, 0.1) is 13.2 Å². The Morgan fingerprint density at radius 2 is 1.79 bits per heavy atom. The number of hydrogen-bond acceptors (Lipinski definition) is 4. The van der Waals surface area contributed by atoms with Crippen LogP contribution in [-0.4, -0.2) is 25.0 Å². The molecule has 0 saturated carbocycles. The molecule has 0 unspecified atom stereocenters. The Balaban J connectivity index is 2.50. The highest BCUT2D eigenvalue weighted by atomic mass is 16.5. The molecule has 0 N–H and O–H groups in total. The molecule has 0 aliphatic rings. The fourth-order valence-corrected chi connectivity index (χ4v) is 1.52. The lowest BCUT2D eigenvalue weighted by Crippen LogP contribution is -2.11. The normalized spacial score (nSPS) is 10.0. The zero-order chi connectivity index (χ0) is 14.1. The van der Waals surface area contributed by atoms with Crippen molar-refractivity contribution in [2.24, 2.45) is 0 Å².